The molecule has 2 rings (SSSR count). The molecule has 0 bridgehead atoms. The molecule has 0 fully saturated rings. The number of non-ortho nitro benzene ring substituents is 1. The fourth-order valence-electron chi connectivity index (χ4n) is 2.13. The van der Waals surface area contributed by atoms with Gasteiger partial charge in [-0.3, -0.25) is 10.1 Å². The number of aromatic nitrogens is 1. The van der Waals surface area contributed by atoms with Gasteiger partial charge >= 0.3 is 0 Å². The molecule has 1 aromatic carbocycles. The van der Waals surface area contributed by atoms with Gasteiger partial charge in [0.05, 0.1) is 18.1 Å². The van der Waals surface area contributed by atoms with Crippen LogP contribution in [0.15, 0.2) is 18.2 Å². The first-order chi connectivity index (χ1) is 9.60. The maximum absolute atomic E-state index is 10.9. The molecular weight excluding hydrogens is 260 g/mol. The minimum Gasteiger partial charge on any atom is -0.494 e. The number of nitrogens with two attached hydrogens (primary N) is 1. The quantitative estimate of drug-likeness (QED) is 0.493. The van der Waals surface area contributed by atoms with Crippen molar-refractivity contribution in [1.29, 1.82) is 0 Å². The Bertz CT molecular complexity index is 658. The third-order valence-corrected chi connectivity index (χ3v) is 3.03. The number of rotatable bonds is 5. The van der Waals surface area contributed by atoms with E-state index in [1.165, 1.54) is 19.2 Å². The summed E-state index contributed by atoms with van der Waals surface area (Å²) in [7, 11) is 1.45. The predicted molar refractivity (Wildman–Crippen MR) is 76.8 cm³/mol. The average Bonchev–Trinajstić information content (AvgIpc) is 2.45. The van der Waals surface area contributed by atoms with Crippen LogP contribution >= 0.6 is 0 Å². The number of methoxy groups -OCH3 is 1. The van der Waals surface area contributed by atoms with E-state index in [2.05, 4.69) is 10.4 Å². The molecule has 0 aliphatic rings. The number of anilines is 1. The summed E-state index contributed by atoms with van der Waals surface area (Å²) in [5, 5.41) is 11.6. The van der Waals surface area contributed by atoms with Gasteiger partial charge in [0.2, 0.25) is 0 Å². The van der Waals surface area contributed by atoms with Crippen LogP contribution in [0.4, 0.5) is 11.5 Å². The Hall–Kier alpha value is -2.41. The van der Waals surface area contributed by atoms with Crippen LogP contribution in [-0.2, 0) is 6.42 Å². The van der Waals surface area contributed by atoms with E-state index in [1.807, 2.05) is 13.0 Å². The Kier molecular flexibility index (Phi) is 3.99. The first kappa shape index (κ1) is 14.0. The van der Waals surface area contributed by atoms with Crippen molar-refractivity contribution in [1.82, 2.24) is 4.98 Å². The molecule has 2 aromatic rings. The number of fused-ring (bicyclic) bond motifs is 1. The van der Waals surface area contributed by atoms with E-state index in [0.717, 1.165) is 18.4 Å². The number of nitrogens with one attached hydrogen (secondary N) is 1. The molecule has 1 aromatic heterocycles. The summed E-state index contributed by atoms with van der Waals surface area (Å²) in [4.78, 5) is 14.9. The molecule has 0 spiro atoms. The van der Waals surface area contributed by atoms with E-state index < -0.39 is 4.92 Å². The minimum absolute atomic E-state index is 0.0212. The number of ether oxygens (including phenoxy) is 1. The maximum Gasteiger partial charge on any atom is 0.273 e. The van der Waals surface area contributed by atoms with Crippen molar-refractivity contribution >= 4 is 22.4 Å². The molecule has 106 valence electrons. The molecule has 0 aliphatic carbocycles. The van der Waals surface area contributed by atoms with Gasteiger partial charge in [0.25, 0.3) is 5.69 Å². The van der Waals surface area contributed by atoms with Crippen molar-refractivity contribution in [3.8, 4) is 5.75 Å². The molecule has 20 heavy (non-hydrogen) atoms. The summed E-state index contributed by atoms with van der Waals surface area (Å²) in [6, 6.07) is 4.70. The van der Waals surface area contributed by atoms with Crippen molar-refractivity contribution < 1.29 is 9.66 Å². The molecule has 0 saturated heterocycles. The molecule has 0 aliphatic heterocycles. The summed E-state index contributed by atoms with van der Waals surface area (Å²) in [6.07, 6.45) is 1.71. The van der Waals surface area contributed by atoms with Gasteiger partial charge in [0, 0.05) is 11.5 Å². The third kappa shape index (κ3) is 2.48. The highest BCUT2D eigenvalue weighted by Gasteiger charge is 2.15. The fraction of sp³-hybridized carbons (Fsp3) is 0.308. The molecule has 7 nitrogen and oxygen atoms in total. The maximum atomic E-state index is 10.9. The second-order valence-corrected chi connectivity index (χ2v) is 4.37. The Morgan fingerprint density at radius 2 is 2.20 bits per heavy atom. The van der Waals surface area contributed by atoms with Crippen LogP contribution in [0.25, 0.3) is 10.9 Å². The van der Waals surface area contributed by atoms with E-state index in [1.54, 1.807) is 0 Å². The van der Waals surface area contributed by atoms with Crippen molar-refractivity contribution in [3.63, 3.8) is 0 Å². The highest BCUT2D eigenvalue weighted by atomic mass is 16.6. The number of pyridine rings is 1. The van der Waals surface area contributed by atoms with Gasteiger partial charge in [-0.1, -0.05) is 13.3 Å². The van der Waals surface area contributed by atoms with Gasteiger partial charge in [-0.2, -0.15) is 0 Å². The van der Waals surface area contributed by atoms with Crippen LogP contribution < -0.4 is 16.0 Å². The number of nitro benzene ring substituents is 1. The van der Waals surface area contributed by atoms with E-state index in [-0.39, 0.29) is 5.69 Å². The summed E-state index contributed by atoms with van der Waals surface area (Å²) < 4.78 is 5.18. The molecule has 0 saturated carbocycles. The van der Waals surface area contributed by atoms with Crippen LogP contribution in [0.1, 0.15) is 18.9 Å². The SMILES string of the molecule is CCCc1cc2cc([N+](=O)[O-])cc(OC)c2nc1NN. The van der Waals surface area contributed by atoms with Crippen LogP contribution in [0, 0.1) is 10.1 Å². The number of nitrogen functional groups attached to an aromatic ring is 1. The molecule has 3 N–H and O–H groups in total. The van der Waals surface area contributed by atoms with Gasteiger partial charge in [-0.05, 0) is 18.1 Å². The average molecular weight is 276 g/mol. The van der Waals surface area contributed by atoms with E-state index in [9.17, 15) is 10.1 Å². The highest BCUT2D eigenvalue weighted by Crippen LogP contribution is 2.32. The number of hydrogen-bond acceptors (Lipinski definition) is 6. The summed E-state index contributed by atoms with van der Waals surface area (Å²) in [5.74, 6) is 6.40. The lowest BCUT2D eigenvalue weighted by molar-refractivity contribution is -0.384. The predicted octanol–water partition coefficient (Wildman–Crippen LogP) is 2.39. The van der Waals surface area contributed by atoms with Gasteiger partial charge in [-0.25, -0.2) is 10.8 Å². The van der Waals surface area contributed by atoms with Gasteiger partial charge in [-0.15, -0.1) is 0 Å². The van der Waals surface area contributed by atoms with E-state index in [4.69, 9.17) is 10.6 Å². The Morgan fingerprint density at radius 1 is 1.45 bits per heavy atom. The van der Waals surface area contributed by atoms with Crippen LogP contribution in [0.5, 0.6) is 5.75 Å². The summed E-state index contributed by atoms with van der Waals surface area (Å²) >= 11 is 0. The Morgan fingerprint density at radius 3 is 2.75 bits per heavy atom. The molecule has 0 atom stereocenters. The zero-order chi connectivity index (χ0) is 14.7. The largest absolute Gasteiger partial charge is 0.494 e. The second kappa shape index (κ2) is 5.70. The van der Waals surface area contributed by atoms with Crippen LogP contribution in [0.3, 0.4) is 0 Å². The second-order valence-electron chi connectivity index (χ2n) is 4.37. The van der Waals surface area contributed by atoms with E-state index >= 15 is 0 Å². The van der Waals surface area contributed by atoms with Crippen molar-refractivity contribution in [2.24, 2.45) is 5.84 Å². The lowest BCUT2D eigenvalue weighted by atomic mass is 10.1. The number of nitro groups is 1. The summed E-state index contributed by atoms with van der Waals surface area (Å²) in [5.41, 5.74) is 4.01. The van der Waals surface area contributed by atoms with Crippen LogP contribution in [-0.4, -0.2) is 17.0 Å². The highest BCUT2D eigenvalue weighted by molar-refractivity contribution is 5.89. The minimum atomic E-state index is -0.448. The third-order valence-electron chi connectivity index (χ3n) is 3.03. The number of hydrogen-bond donors (Lipinski definition) is 2. The smallest absolute Gasteiger partial charge is 0.273 e. The topological polar surface area (TPSA) is 103 Å². The number of hydrazine groups is 1. The molecule has 7 heteroatoms. The first-order valence-electron chi connectivity index (χ1n) is 6.23. The number of benzene rings is 1. The molecule has 1 heterocycles. The molecule has 0 amide bonds. The zero-order valence-corrected chi connectivity index (χ0v) is 11.3. The lowest BCUT2D eigenvalue weighted by Crippen LogP contribution is -2.11. The Labute approximate surface area is 115 Å². The molecule has 0 unspecified atom stereocenters. The molecule has 0 radical (unpaired) electrons. The Balaban J connectivity index is 2.73. The van der Waals surface area contributed by atoms with Crippen molar-refractivity contribution in [2.45, 2.75) is 19.8 Å². The van der Waals surface area contributed by atoms with Crippen LogP contribution in [0.2, 0.25) is 0 Å². The number of aryl methyl sites for hydroxylation is 1. The zero-order valence-electron chi connectivity index (χ0n) is 11.3. The van der Waals surface area contributed by atoms with Gasteiger partial charge in [0.1, 0.15) is 11.3 Å². The first-order valence-corrected chi connectivity index (χ1v) is 6.23. The summed E-state index contributed by atoms with van der Waals surface area (Å²) in [6.45, 7) is 2.04. The fourth-order valence-corrected chi connectivity index (χ4v) is 2.13. The lowest BCUT2D eigenvalue weighted by Gasteiger charge is -2.11. The van der Waals surface area contributed by atoms with E-state index in [0.29, 0.717) is 22.5 Å². The van der Waals surface area contributed by atoms with Crippen molar-refractivity contribution in [3.05, 3.63) is 33.9 Å². The van der Waals surface area contributed by atoms with Crippen molar-refractivity contribution in [2.75, 3.05) is 12.5 Å². The molecular formula is C13H16N4O3. The van der Waals surface area contributed by atoms with Gasteiger partial charge < -0.3 is 10.2 Å². The monoisotopic (exact) mass is 276 g/mol. The number of nitrogens with zero attached hydrogens (tertiary/aromatic N) is 2. The standard InChI is InChI=1S/C13H16N4O3/c1-3-4-8-5-9-6-10(17(18)19)7-11(20-2)12(9)15-13(8)16-14/h5-7H,3-4,14H2,1-2H3,(H,15,16). The normalized spacial score (nSPS) is 10.6. The van der Waals surface area contributed by atoms with Gasteiger partial charge in [0.15, 0.2) is 5.75 Å².